The molecule has 4 aliphatic carbocycles. The van der Waals surface area contributed by atoms with Crippen LogP contribution >= 0.6 is 0 Å². The van der Waals surface area contributed by atoms with E-state index in [-0.39, 0.29) is 22.8 Å². The van der Waals surface area contributed by atoms with Crippen molar-refractivity contribution in [3.63, 3.8) is 0 Å². The van der Waals surface area contributed by atoms with Gasteiger partial charge in [-0.1, -0.05) is 26.0 Å². The molecule has 0 aromatic heterocycles. The number of nitrogens with zero attached hydrogens (tertiary/aromatic N) is 2. The van der Waals surface area contributed by atoms with E-state index in [0.717, 1.165) is 56.8 Å². The van der Waals surface area contributed by atoms with Crippen LogP contribution in [0.4, 0.5) is 9.18 Å². The maximum atomic E-state index is 13.6. The Morgan fingerprint density at radius 1 is 1.03 bits per heavy atom. The van der Waals surface area contributed by atoms with E-state index in [1.165, 1.54) is 44.1 Å². The molecule has 33 heavy (non-hydrogen) atoms. The summed E-state index contributed by atoms with van der Waals surface area (Å²) in [6.45, 7) is 8.38. The summed E-state index contributed by atoms with van der Waals surface area (Å²) >= 11 is 0. The Kier molecular flexibility index (Phi) is 5.28. The van der Waals surface area contributed by atoms with Gasteiger partial charge in [0.2, 0.25) is 0 Å². The Balaban J connectivity index is 1.12. The molecule has 2 saturated heterocycles. The van der Waals surface area contributed by atoms with Crippen LogP contribution in [-0.2, 0) is 0 Å². The van der Waals surface area contributed by atoms with Crippen LogP contribution in [0.2, 0.25) is 0 Å². The largest absolute Gasteiger partial charge is 0.333 e. The summed E-state index contributed by atoms with van der Waals surface area (Å²) in [7, 11) is 0. The van der Waals surface area contributed by atoms with Crippen LogP contribution < -0.4 is 5.32 Å². The molecule has 6 aliphatic rings. The van der Waals surface area contributed by atoms with Crippen molar-refractivity contribution in [3.8, 4) is 0 Å². The molecular weight excluding hydrogens is 413 g/mol. The highest BCUT2D eigenvalue weighted by Crippen LogP contribution is 2.57. The average molecular weight is 454 g/mol. The number of nitrogens with one attached hydrogen (secondary N) is 1. The number of carbonyl (C=O) groups excluding carboxylic acids is 1. The van der Waals surface area contributed by atoms with Crippen molar-refractivity contribution in [2.24, 2.45) is 29.1 Å². The number of piperidine rings is 1. The second-order valence-electron chi connectivity index (χ2n) is 12.8. The monoisotopic (exact) mass is 453 g/mol. The fourth-order valence-electron chi connectivity index (χ4n) is 8.86. The number of urea groups is 1. The first kappa shape index (κ1) is 21.9. The molecule has 1 N–H and O–H groups in total. The minimum atomic E-state index is -0.168. The smallest absolute Gasteiger partial charge is 0.317 e. The second kappa shape index (κ2) is 7.96. The van der Waals surface area contributed by atoms with Crippen LogP contribution in [0.3, 0.4) is 0 Å². The second-order valence-corrected chi connectivity index (χ2v) is 12.8. The molecule has 4 nitrogen and oxygen atoms in total. The molecule has 7 rings (SSSR count). The molecule has 1 unspecified atom stereocenters. The van der Waals surface area contributed by atoms with Crippen LogP contribution in [0, 0.1) is 34.9 Å². The molecule has 4 saturated carbocycles. The molecule has 180 valence electrons. The first-order valence-corrected chi connectivity index (χ1v) is 13.4. The van der Waals surface area contributed by atoms with E-state index >= 15 is 0 Å². The Morgan fingerprint density at radius 3 is 2.15 bits per heavy atom. The topological polar surface area (TPSA) is 35.6 Å². The lowest BCUT2D eigenvalue weighted by Crippen LogP contribution is -2.65. The maximum Gasteiger partial charge on any atom is 0.317 e. The van der Waals surface area contributed by atoms with Crippen molar-refractivity contribution < 1.29 is 9.18 Å². The number of benzene rings is 1. The number of amides is 2. The Morgan fingerprint density at radius 2 is 1.61 bits per heavy atom. The highest BCUT2D eigenvalue weighted by molar-refractivity contribution is 5.75. The molecule has 2 heterocycles. The normalized spacial score (nSPS) is 36.9. The van der Waals surface area contributed by atoms with E-state index in [0.29, 0.717) is 12.0 Å². The van der Waals surface area contributed by atoms with Crippen molar-refractivity contribution in [2.45, 2.75) is 76.8 Å². The van der Waals surface area contributed by atoms with Gasteiger partial charge in [-0.25, -0.2) is 9.18 Å². The summed E-state index contributed by atoms with van der Waals surface area (Å²) in [5, 5.41) is 3.58. The van der Waals surface area contributed by atoms with Crippen molar-refractivity contribution in [2.75, 3.05) is 26.2 Å². The molecular formula is C28H40FN3O. The van der Waals surface area contributed by atoms with Crippen molar-refractivity contribution >= 4 is 6.03 Å². The molecule has 4 bridgehead atoms. The van der Waals surface area contributed by atoms with E-state index in [9.17, 15) is 9.18 Å². The lowest BCUT2D eigenvalue weighted by Gasteiger charge is -2.61. The van der Waals surface area contributed by atoms with Crippen LogP contribution in [0.1, 0.15) is 76.8 Å². The minimum absolute atomic E-state index is 0.0855. The minimum Gasteiger partial charge on any atom is -0.333 e. The van der Waals surface area contributed by atoms with Gasteiger partial charge in [0, 0.05) is 43.2 Å². The zero-order valence-electron chi connectivity index (χ0n) is 20.4. The number of halogens is 1. The maximum absolute atomic E-state index is 13.6. The molecule has 2 aliphatic heterocycles. The van der Waals surface area contributed by atoms with Gasteiger partial charge in [-0.05, 0) is 92.7 Å². The van der Waals surface area contributed by atoms with Crippen molar-refractivity contribution in [3.05, 3.63) is 35.6 Å². The van der Waals surface area contributed by atoms with Crippen LogP contribution in [0.5, 0.6) is 0 Å². The first-order valence-electron chi connectivity index (χ1n) is 13.4. The average Bonchev–Trinajstić information content (AvgIpc) is 2.73. The third kappa shape index (κ3) is 3.88. The van der Waals surface area contributed by atoms with Gasteiger partial charge in [0.15, 0.2) is 0 Å². The van der Waals surface area contributed by atoms with Gasteiger partial charge in [-0.2, -0.15) is 0 Å². The van der Waals surface area contributed by atoms with E-state index in [1.54, 1.807) is 12.1 Å². The third-order valence-electron chi connectivity index (χ3n) is 9.71. The van der Waals surface area contributed by atoms with E-state index < -0.39 is 0 Å². The number of hydrogen-bond donors (Lipinski definition) is 1. The third-order valence-corrected chi connectivity index (χ3v) is 9.71. The van der Waals surface area contributed by atoms with Crippen molar-refractivity contribution in [1.82, 2.24) is 15.1 Å². The fourth-order valence-corrected chi connectivity index (χ4v) is 8.86. The summed E-state index contributed by atoms with van der Waals surface area (Å²) in [4.78, 5) is 18.0. The van der Waals surface area contributed by atoms with Crippen LogP contribution in [0.25, 0.3) is 0 Å². The Hall–Kier alpha value is -1.62. The predicted octanol–water partition coefficient (Wildman–Crippen LogP) is 5.60. The summed E-state index contributed by atoms with van der Waals surface area (Å²) in [6, 6.07) is 7.67. The lowest BCUT2D eigenvalue weighted by atomic mass is 9.53. The summed E-state index contributed by atoms with van der Waals surface area (Å²) < 4.78 is 13.6. The number of carbonyl (C=O) groups is 1. The van der Waals surface area contributed by atoms with Crippen LogP contribution in [-0.4, -0.2) is 47.5 Å². The first-order chi connectivity index (χ1) is 15.8. The zero-order chi connectivity index (χ0) is 22.8. The van der Waals surface area contributed by atoms with Gasteiger partial charge in [0.05, 0.1) is 0 Å². The Bertz CT molecular complexity index is 854. The Labute approximate surface area is 198 Å². The molecule has 1 aromatic rings. The highest BCUT2D eigenvalue weighted by atomic mass is 19.1. The predicted molar refractivity (Wildman–Crippen MR) is 128 cm³/mol. The fraction of sp³-hybridized carbons (Fsp3) is 0.750. The van der Waals surface area contributed by atoms with Gasteiger partial charge in [0.25, 0.3) is 0 Å². The molecule has 6 fully saturated rings. The SMILES string of the molecule is CC(C)CN1CC2(CCN(C(=O)NC34CC5CC(CC(C5)C3)C4)CC2)C1c1ccc(F)cc1. The lowest BCUT2D eigenvalue weighted by molar-refractivity contribution is -0.112. The summed E-state index contributed by atoms with van der Waals surface area (Å²) in [5.41, 5.74) is 1.53. The van der Waals surface area contributed by atoms with Gasteiger partial charge in [0.1, 0.15) is 5.82 Å². The molecule has 1 spiro atoms. The van der Waals surface area contributed by atoms with E-state index in [4.69, 9.17) is 0 Å². The highest BCUT2D eigenvalue weighted by Gasteiger charge is 2.55. The number of likely N-dealkylation sites (tertiary alicyclic amines) is 2. The van der Waals surface area contributed by atoms with Gasteiger partial charge < -0.3 is 10.2 Å². The standard InChI is InChI=1S/C28H40FN3O/c1-19(2)17-32-18-27(25(32)23-3-5-24(29)6-4-23)7-9-31(10-8-27)26(33)30-28-14-20-11-21(15-28)13-22(12-20)16-28/h3-6,19-22,25H,7-18H2,1-2H3,(H,30,33). The van der Waals surface area contributed by atoms with Gasteiger partial charge >= 0.3 is 6.03 Å². The molecule has 1 aromatic carbocycles. The number of rotatable bonds is 4. The molecule has 5 heteroatoms. The zero-order valence-corrected chi connectivity index (χ0v) is 20.4. The summed E-state index contributed by atoms with van der Waals surface area (Å²) in [6.07, 6.45) is 9.91. The molecule has 0 radical (unpaired) electrons. The quantitative estimate of drug-likeness (QED) is 0.644. The van der Waals surface area contributed by atoms with Gasteiger partial charge in [-0.3, -0.25) is 4.90 Å². The van der Waals surface area contributed by atoms with E-state index in [1.807, 2.05) is 12.1 Å². The van der Waals surface area contributed by atoms with Crippen molar-refractivity contribution in [1.29, 1.82) is 0 Å². The van der Waals surface area contributed by atoms with Crippen LogP contribution in [0.15, 0.2) is 24.3 Å². The number of hydrogen-bond acceptors (Lipinski definition) is 2. The molecule has 2 amide bonds. The van der Waals surface area contributed by atoms with Gasteiger partial charge in [-0.15, -0.1) is 0 Å². The molecule has 1 atom stereocenters. The van der Waals surface area contributed by atoms with E-state index in [2.05, 4.69) is 29.0 Å². The summed E-state index contributed by atoms with van der Waals surface area (Å²) in [5.74, 6) is 2.98.